The molecule has 0 N–H and O–H groups in total. The van der Waals surface area contributed by atoms with Crippen molar-refractivity contribution in [1.29, 1.82) is 0 Å². The second-order valence-corrected chi connectivity index (χ2v) is 4.81. The second kappa shape index (κ2) is 5.27. The highest BCUT2D eigenvalue weighted by Gasteiger charge is 2.15. The summed E-state index contributed by atoms with van der Waals surface area (Å²) < 4.78 is 23.6. The summed E-state index contributed by atoms with van der Waals surface area (Å²) in [7, 11) is -1.77. The number of aldehydes is 1. The van der Waals surface area contributed by atoms with Gasteiger partial charge in [-0.1, -0.05) is 13.3 Å². The Bertz CT molecular complexity index is 223. The minimum absolute atomic E-state index is 0.0496. The van der Waals surface area contributed by atoms with E-state index in [0.717, 1.165) is 10.7 Å². The Balaban J connectivity index is 4.10. The fraction of sp³-hybridized carbons (Fsp3) is 0.857. The Morgan fingerprint density at radius 3 is 2.42 bits per heavy atom. The summed E-state index contributed by atoms with van der Waals surface area (Å²) in [5.41, 5.74) is 0. The van der Waals surface area contributed by atoms with Crippen LogP contribution in [0.5, 0.6) is 0 Å². The minimum Gasteiger partial charge on any atom is -0.302 e. The van der Waals surface area contributed by atoms with E-state index >= 15 is 0 Å². The van der Waals surface area contributed by atoms with Gasteiger partial charge in [-0.2, -0.15) is 4.31 Å². The monoisotopic (exact) mass is 193 g/mol. The van der Waals surface area contributed by atoms with Crippen LogP contribution in [0.1, 0.15) is 19.8 Å². The van der Waals surface area contributed by atoms with Crippen LogP contribution in [-0.4, -0.2) is 38.4 Å². The topological polar surface area (TPSA) is 54.5 Å². The van der Waals surface area contributed by atoms with Crippen molar-refractivity contribution in [2.45, 2.75) is 19.8 Å². The molecule has 12 heavy (non-hydrogen) atoms. The van der Waals surface area contributed by atoms with Crippen molar-refractivity contribution >= 4 is 16.3 Å². The highest BCUT2D eigenvalue weighted by Crippen LogP contribution is 2.00. The summed E-state index contributed by atoms with van der Waals surface area (Å²) in [5.74, 6) is 0.133. The van der Waals surface area contributed by atoms with Crippen molar-refractivity contribution in [2.75, 3.05) is 19.3 Å². The van der Waals surface area contributed by atoms with Crippen molar-refractivity contribution in [2.24, 2.45) is 0 Å². The van der Waals surface area contributed by atoms with Crippen LogP contribution in [0.2, 0.25) is 0 Å². The molecule has 0 heterocycles. The number of carbonyl (C=O) groups excluding carboxylic acids is 1. The maximum absolute atomic E-state index is 11.2. The van der Waals surface area contributed by atoms with Crippen LogP contribution in [0.15, 0.2) is 0 Å². The molecule has 0 amide bonds. The van der Waals surface area contributed by atoms with Gasteiger partial charge in [-0.3, -0.25) is 0 Å². The molecule has 0 aliphatic carbocycles. The summed E-state index contributed by atoms with van der Waals surface area (Å²) in [6, 6.07) is 0. The lowest BCUT2D eigenvalue weighted by atomic mass is 10.4. The van der Waals surface area contributed by atoms with E-state index in [1.165, 1.54) is 7.05 Å². The fourth-order valence-electron chi connectivity index (χ4n) is 0.701. The van der Waals surface area contributed by atoms with Crippen LogP contribution in [-0.2, 0) is 14.8 Å². The van der Waals surface area contributed by atoms with Gasteiger partial charge in [0.25, 0.3) is 0 Å². The highest BCUT2D eigenvalue weighted by molar-refractivity contribution is 7.89. The molecule has 0 bridgehead atoms. The Morgan fingerprint density at radius 1 is 1.42 bits per heavy atom. The highest BCUT2D eigenvalue weighted by atomic mass is 32.2. The zero-order chi connectivity index (χ0) is 9.61. The van der Waals surface area contributed by atoms with Gasteiger partial charge in [0.15, 0.2) is 0 Å². The zero-order valence-electron chi connectivity index (χ0n) is 7.49. The molecular weight excluding hydrogens is 178 g/mol. The Labute approximate surface area is 73.6 Å². The average Bonchev–Trinajstić information content (AvgIpc) is 2.01. The summed E-state index contributed by atoms with van der Waals surface area (Å²) in [6.07, 6.45) is 2.07. The number of unbranched alkanes of at least 4 members (excludes halogenated alkanes) is 1. The minimum atomic E-state index is -3.18. The lowest BCUT2D eigenvalue weighted by molar-refractivity contribution is -0.107. The van der Waals surface area contributed by atoms with Gasteiger partial charge in [-0.15, -0.1) is 0 Å². The molecule has 0 aliphatic rings. The smallest absolute Gasteiger partial charge is 0.214 e. The van der Waals surface area contributed by atoms with Gasteiger partial charge < -0.3 is 4.79 Å². The van der Waals surface area contributed by atoms with Gasteiger partial charge in [0.05, 0.1) is 12.3 Å². The number of rotatable bonds is 6. The predicted octanol–water partition coefficient (Wildman–Crippen LogP) is 0.247. The number of hydrogen-bond donors (Lipinski definition) is 0. The second-order valence-electron chi connectivity index (χ2n) is 2.62. The van der Waals surface area contributed by atoms with Crippen LogP contribution < -0.4 is 0 Å². The maximum atomic E-state index is 11.2. The van der Waals surface area contributed by atoms with Crippen LogP contribution in [0, 0.1) is 0 Å². The fourth-order valence-corrected chi connectivity index (χ4v) is 1.95. The first-order valence-electron chi connectivity index (χ1n) is 3.92. The van der Waals surface area contributed by atoms with E-state index in [0.29, 0.717) is 12.7 Å². The molecule has 0 saturated heterocycles. The molecule has 0 fully saturated rings. The summed E-state index contributed by atoms with van der Waals surface area (Å²) in [6.45, 7) is 1.88. The normalized spacial score (nSPS) is 11.9. The molecule has 0 aromatic rings. The molecule has 0 aromatic heterocycles. The van der Waals surface area contributed by atoms with E-state index in [2.05, 4.69) is 0 Å². The molecule has 0 atom stereocenters. The average molecular weight is 193 g/mol. The third-order valence-corrected chi connectivity index (χ3v) is 3.47. The maximum Gasteiger partial charge on any atom is 0.214 e. The molecule has 0 aromatic carbocycles. The number of likely N-dealkylation sites (N-methyl/N-ethyl adjacent to an activating group) is 1. The first-order valence-corrected chi connectivity index (χ1v) is 5.53. The van der Waals surface area contributed by atoms with E-state index in [-0.39, 0.29) is 12.3 Å². The van der Waals surface area contributed by atoms with E-state index in [1.54, 1.807) is 0 Å². The van der Waals surface area contributed by atoms with Crippen LogP contribution in [0.3, 0.4) is 0 Å². The SMILES string of the molecule is CCCCS(=O)(=O)N(C)CC=O. The van der Waals surface area contributed by atoms with Crippen molar-refractivity contribution in [3.05, 3.63) is 0 Å². The van der Waals surface area contributed by atoms with Gasteiger partial charge in [0, 0.05) is 7.05 Å². The van der Waals surface area contributed by atoms with Crippen LogP contribution in [0.25, 0.3) is 0 Å². The molecule has 5 heteroatoms. The molecule has 4 nitrogen and oxygen atoms in total. The van der Waals surface area contributed by atoms with Gasteiger partial charge in [-0.05, 0) is 6.42 Å². The van der Waals surface area contributed by atoms with Gasteiger partial charge in [0.2, 0.25) is 10.0 Å². The van der Waals surface area contributed by atoms with Crippen LogP contribution in [0.4, 0.5) is 0 Å². The molecular formula is C7H15NO3S. The number of carbonyl (C=O) groups is 1. The molecule has 72 valence electrons. The van der Waals surface area contributed by atoms with Crippen molar-refractivity contribution < 1.29 is 13.2 Å². The zero-order valence-corrected chi connectivity index (χ0v) is 8.30. The van der Waals surface area contributed by atoms with Crippen molar-refractivity contribution in [3.63, 3.8) is 0 Å². The Morgan fingerprint density at radius 2 is 2.00 bits per heavy atom. The third-order valence-electron chi connectivity index (χ3n) is 1.56. The molecule has 0 unspecified atom stereocenters. The Hall–Kier alpha value is -0.420. The molecule has 0 aliphatic heterocycles. The Kier molecular flexibility index (Phi) is 5.08. The van der Waals surface area contributed by atoms with Crippen LogP contribution >= 0.6 is 0 Å². The predicted molar refractivity (Wildman–Crippen MR) is 47.4 cm³/mol. The standard InChI is InChI=1S/C7H15NO3S/c1-3-4-7-12(10,11)8(2)5-6-9/h6H,3-5,7H2,1-2H3. The lowest BCUT2D eigenvalue weighted by Crippen LogP contribution is -2.30. The molecule has 0 rings (SSSR count). The van der Waals surface area contributed by atoms with E-state index in [1.807, 2.05) is 6.92 Å². The number of hydrogen-bond acceptors (Lipinski definition) is 3. The number of nitrogens with zero attached hydrogens (tertiary/aromatic N) is 1. The molecule has 0 radical (unpaired) electrons. The largest absolute Gasteiger partial charge is 0.302 e. The van der Waals surface area contributed by atoms with E-state index in [4.69, 9.17) is 0 Å². The van der Waals surface area contributed by atoms with Gasteiger partial charge >= 0.3 is 0 Å². The quantitative estimate of drug-likeness (QED) is 0.568. The first-order chi connectivity index (χ1) is 5.54. The summed E-state index contributed by atoms with van der Waals surface area (Å²) in [4.78, 5) is 10.0. The van der Waals surface area contributed by atoms with E-state index in [9.17, 15) is 13.2 Å². The third kappa shape index (κ3) is 3.82. The number of sulfonamides is 1. The van der Waals surface area contributed by atoms with Gasteiger partial charge in [-0.25, -0.2) is 8.42 Å². The van der Waals surface area contributed by atoms with E-state index < -0.39 is 10.0 Å². The summed E-state index contributed by atoms with van der Waals surface area (Å²) >= 11 is 0. The van der Waals surface area contributed by atoms with Crippen molar-refractivity contribution in [1.82, 2.24) is 4.31 Å². The van der Waals surface area contributed by atoms with Crippen molar-refractivity contribution in [3.8, 4) is 0 Å². The first kappa shape index (κ1) is 11.6. The lowest BCUT2D eigenvalue weighted by Gasteiger charge is -2.12. The molecule has 0 spiro atoms. The summed E-state index contributed by atoms with van der Waals surface area (Å²) in [5, 5.41) is 0. The van der Waals surface area contributed by atoms with Gasteiger partial charge in [0.1, 0.15) is 6.29 Å². The molecule has 0 saturated carbocycles.